The van der Waals surface area contributed by atoms with Crippen LogP contribution in [0.25, 0.3) is 6.08 Å². The van der Waals surface area contributed by atoms with Gasteiger partial charge in [-0.25, -0.2) is 0 Å². The minimum Gasteiger partial charge on any atom is -0.477 e. The number of carbonyl (C=O) groups excluding carboxylic acids is 1. The molecule has 0 radical (unpaired) electrons. The summed E-state index contributed by atoms with van der Waals surface area (Å²) in [6, 6.07) is 9.59. The number of fused-ring (bicyclic) bond motifs is 2. The minimum atomic E-state index is -0.0949. The van der Waals surface area contributed by atoms with Crippen molar-refractivity contribution in [2.75, 3.05) is 6.73 Å². The van der Waals surface area contributed by atoms with Crippen LogP contribution in [0.2, 0.25) is 5.02 Å². The van der Waals surface area contributed by atoms with Gasteiger partial charge in [-0.05, 0) is 50.6 Å². The Morgan fingerprint density at radius 1 is 1.19 bits per heavy atom. The standard InChI is InChI=1S/C21H20ClNO3/c1-12(2)23-10-15-9-17-19(24)18(8-14-4-6-16(22)7-5-14)26-21(17)13(3)20(15)25-11-23/h4-9,12H,10-11H2,1-3H3/b18-8-. The molecule has 0 fully saturated rings. The topological polar surface area (TPSA) is 38.8 Å². The zero-order valence-corrected chi connectivity index (χ0v) is 15.8. The predicted molar refractivity (Wildman–Crippen MR) is 102 cm³/mol. The molecule has 0 spiro atoms. The van der Waals surface area contributed by atoms with E-state index in [0.717, 1.165) is 29.0 Å². The van der Waals surface area contributed by atoms with Crippen molar-refractivity contribution in [2.24, 2.45) is 0 Å². The summed E-state index contributed by atoms with van der Waals surface area (Å²) in [6.45, 7) is 7.53. The highest BCUT2D eigenvalue weighted by atomic mass is 35.5. The predicted octanol–water partition coefficient (Wildman–Crippen LogP) is 4.82. The lowest BCUT2D eigenvalue weighted by Gasteiger charge is -2.32. The first kappa shape index (κ1) is 17.1. The maximum absolute atomic E-state index is 12.8. The van der Waals surface area contributed by atoms with E-state index in [1.165, 1.54) is 0 Å². The first-order valence-electron chi connectivity index (χ1n) is 8.67. The van der Waals surface area contributed by atoms with E-state index in [-0.39, 0.29) is 5.78 Å². The molecular weight excluding hydrogens is 350 g/mol. The molecule has 0 N–H and O–H groups in total. The van der Waals surface area contributed by atoms with Gasteiger partial charge in [-0.2, -0.15) is 0 Å². The Morgan fingerprint density at radius 2 is 1.92 bits per heavy atom. The normalized spacial score (nSPS) is 17.9. The monoisotopic (exact) mass is 369 g/mol. The third kappa shape index (κ3) is 2.89. The Balaban J connectivity index is 1.71. The lowest BCUT2D eigenvalue weighted by Crippen LogP contribution is -2.37. The molecule has 2 heterocycles. The second-order valence-corrected chi connectivity index (χ2v) is 7.41. The van der Waals surface area contributed by atoms with E-state index in [4.69, 9.17) is 21.1 Å². The number of hydrogen-bond donors (Lipinski definition) is 0. The molecule has 0 amide bonds. The van der Waals surface area contributed by atoms with Gasteiger partial charge in [0.15, 0.2) is 5.76 Å². The van der Waals surface area contributed by atoms with Crippen molar-refractivity contribution in [3.05, 3.63) is 63.4 Å². The Bertz CT molecular complexity index is 916. The maximum Gasteiger partial charge on any atom is 0.231 e. The van der Waals surface area contributed by atoms with Gasteiger partial charge < -0.3 is 9.47 Å². The Labute approximate surface area is 158 Å². The zero-order chi connectivity index (χ0) is 18.4. The number of halogens is 1. The molecule has 2 aliphatic rings. The van der Waals surface area contributed by atoms with Crippen LogP contribution in [0.1, 0.15) is 40.9 Å². The summed E-state index contributed by atoms with van der Waals surface area (Å²) in [6.07, 6.45) is 1.75. The van der Waals surface area contributed by atoms with Crippen LogP contribution >= 0.6 is 11.6 Å². The van der Waals surface area contributed by atoms with Crippen LogP contribution in [0.4, 0.5) is 0 Å². The van der Waals surface area contributed by atoms with E-state index in [1.807, 2.05) is 25.1 Å². The van der Waals surface area contributed by atoms with Crippen LogP contribution in [0.3, 0.4) is 0 Å². The van der Waals surface area contributed by atoms with Crippen LogP contribution in [-0.2, 0) is 6.54 Å². The van der Waals surface area contributed by atoms with Crippen molar-refractivity contribution in [2.45, 2.75) is 33.4 Å². The van der Waals surface area contributed by atoms with Crippen LogP contribution in [-0.4, -0.2) is 23.5 Å². The molecule has 4 rings (SSSR count). The molecule has 134 valence electrons. The molecule has 0 unspecified atom stereocenters. The quantitative estimate of drug-likeness (QED) is 0.711. The molecule has 0 aliphatic carbocycles. The summed E-state index contributed by atoms with van der Waals surface area (Å²) in [5.41, 5.74) is 3.39. The van der Waals surface area contributed by atoms with E-state index in [9.17, 15) is 4.79 Å². The van der Waals surface area contributed by atoms with Gasteiger partial charge in [0.05, 0.1) is 5.56 Å². The molecule has 2 aromatic rings. The van der Waals surface area contributed by atoms with E-state index < -0.39 is 0 Å². The van der Waals surface area contributed by atoms with Crippen LogP contribution in [0.5, 0.6) is 11.5 Å². The maximum atomic E-state index is 12.8. The third-order valence-corrected chi connectivity index (χ3v) is 5.11. The number of allylic oxidation sites excluding steroid dienone is 1. The van der Waals surface area contributed by atoms with Gasteiger partial charge in [0.25, 0.3) is 0 Å². The van der Waals surface area contributed by atoms with Gasteiger partial charge in [-0.15, -0.1) is 0 Å². The summed E-state index contributed by atoms with van der Waals surface area (Å²) in [5, 5.41) is 0.657. The molecule has 0 saturated heterocycles. The summed E-state index contributed by atoms with van der Waals surface area (Å²) in [7, 11) is 0. The largest absolute Gasteiger partial charge is 0.477 e. The number of benzene rings is 2. The fourth-order valence-corrected chi connectivity index (χ4v) is 3.43. The summed E-state index contributed by atoms with van der Waals surface area (Å²) < 4.78 is 11.9. The highest BCUT2D eigenvalue weighted by molar-refractivity contribution is 6.30. The smallest absolute Gasteiger partial charge is 0.231 e. The minimum absolute atomic E-state index is 0.0949. The average molecular weight is 370 g/mol. The second kappa shape index (κ2) is 6.45. The van der Waals surface area contributed by atoms with Gasteiger partial charge in [-0.1, -0.05) is 23.7 Å². The van der Waals surface area contributed by atoms with Crippen molar-refractivity contribution >= 4 is 23.5 Å². The highest BCUT2D eigenvalue weighted by Crippen LogP contribution is 2.43. The van der Waals surface area contributed by atoms with E-state index in [0.29, 0.717) is 34.9 Å². The average Bonchev–Trinajstić information content (AvgIpc) is 2.93. The lowest BCUT2D eigenvalue weighted by molar-refractivity contribution is 0.0678. The molecule has 26 heavy (non-hydrogen) atoms. The number of nitrogens with zero attached hydrogens (tertiary/aromatic N) is 1. The number of Topliss-reactive ketones (excluding diaryl/α,β-unsaturated/α-hetero) is 1. The number of rotatable bonds is 2. The van der Waals surface area contributed by atoms with E-state index >= 15 is 0 Å². The third-order valence-electron chi connectivity index (χ3n) is 4.86. The summed E-state index contributed by atoms with van der Waals surface area (Å²) in [4.78, 5) is 15.1. The van der Waals surface area contributed by atoms with Crippen molar-refractivity contribution in [3.63, 3.8) is 0 Å². The van der Waals surface area contributed by atoms with E-state index in [2.05, 4.69) is 18.7 Å². The molecule has 0 aromatic heterocycles. The molecule has 2 aliphatic heterocycles. The van der Waals surface area contributed by atoms with Crippen molar-refractivity contribution in [3.8, 4) is 11.5 Å². The van der Waals surface area contributed by atoms with E-state index in [1.54, 1.807) is 18.2 Å². The molecule has 0 saturated carbocycles. The first-order chi connectivity index (χ1) is 12.4. The van der Waals surface area contributed by atoms with Gasteiger partial charge in [0.1, 0.15) is 18.2 Å². The van der Waals surface area contributed by atoms with Crippen LogP contribution in [0, 0.1) is 6.92 Å². The summed E-state index contributed by atoms with van der Waals surface area (Å²) >= 11 is 5.92. The van der Waals surface area contributed by atoms with Crippen molar-refractivity contribution < 1.29 is 14.3 Å². The molecule has 2 aromatic carbocycles. The zero-order valence-electron chi connectivity index (χ0n) is 15.0. The van der Waals surface area contributed by atoms with Crippen LogP contribution < -0.4 is 9.47 Å². The molecule has 4 nitrogen and oxygen atoms in total. The Morgan fingerprint density at radius 3 is 2.62 bits per heavy atom. The van der Waals surface area contributed by atoms with Crippen LogP contribution in [0.15, 0.2) is 36.1 Å². The second-order valence-electron chi connectivity index (χ2n) is 6.97. The molecule has 0 bridgehead atoms. The molecule has 0 atom stereocenters. The molecular formula is C21H20ClNO3. The van der Waals surface area contributed by atoms with Gasteiger partial charge >= 0.3 is 0 Å². The lowest BCUT2D eigenvalue weighted by atomic mass is 9.99. The first-order valence-corrected chi connectivity index (χ1v) is 9.05. The number of ketones is 1. The molecule has 5 heteroatoms. The fraction of sp³-hybridized carbons (Fsp3) is 0.286. The number of carbonyl (C=O) groups is 1. The Kier molecular flexibility index (Phi) is 4.25. The van der Waals surface area contributed by atoms with Gasteiger partial charge in [0, 0.05) is 28.7 Å². The Hall–Kier alpha value is -2.30. The van der Waals surface area contributed by atoms with Gasteiger partial charge in [-0.3, -0.25) is 9.69 Å². The van der Waals surface area contributed by atoms with Gasteiger partial charge in [0.2, 0.25) is 5.78 Å². The summed E-state index contributed by atoms with van der Waals surface area (Å²) in [5.74, 6) is 1.67. The fourth-order valence-electron chi connectivity index (χ4n) is 3.31. The highest BCUT2D eigenvalue weighted by Gasteiger charge is 2.33. The van der Waals surface area contributed by atoms with Crippen molar-refractivity contribution in [1.82, 2.24) is 4.90 Å². The van der Waals surface area contributed by atoms with Crippen molar-refractivity contribution in [1.29, 1.82) is 0 Å². The number of hydrogen-bond acceptors (Lipinski definition) is 4. The number of ether oxygens (including phenoxy) is 2. The SMILES string of the molecule is Cc1c2c(cc3c1O/C(=C\c1ccc(Cl)cc1)C3=O)CN(C(C)C)CO2.